The fourth-order valence-electron chi connectivity index (χ4n) is 4.41. The van der Waals surface area contributed by atoms with Crippen molar-refractivity contribution in [2.45, 2.75) is 37.5 Å². The summed E-state index contributed by atoms with van der Waals surface area (Å²) in [6, 6.07) is 18.3. The minimum absolute atomic E-state index is 0.218. The first-order chi connectivity index (χ1) is 16.1. The molecule has 1 unspecified atom stereocenters. The molecule has 1 aliphatic carbocycles. The van der Waals surface area contributed by atoms with E-state index in [0.29, 0.717) is 6.42 Å². The number of amides is 1. The lowest BCUT2D eigenvalue weighted by Gasteiger charge is -2.34. The van der Waals surface area contributed by atoms with Crippen LogP contribution in [0.2, 0.25) is 0 Å². The van der Waals surface area contributed by atoms with E-state index in [1.54, 1.807) is 6.08 Å². The van der Waals surface area contributed by atoms with Crippen LogP contribution in [-0.4, -0.2) is 28.9 Å². The number of hydrogen-bond acceptors (Lipinski definition) is 3. The van der Waals surface area contributed by atoms with Gasteiger partial charge < -0.3 is 10.2 Å². The number of alkyl halides is 1. The number of allylic oxidation sites excluding steroid dienone is 3. The van der Waals surface area contributed by atoms with E-state index >= 15 is 0 Å². The van der Waals surface area contributed by atoms with E-state index in [9.17, 15) is 4.79 Å². The summed E-state index contributed by atoms with van der Waals surface area (Å²) < 4.78 is 0. The average Bonchev–Trinajstić information content (AvgIpc) is 2.79. The summed E-state index contributed by atoms with van der Waals surface area (Å²) in [4.78, 5) is 19.3. The van der Waals surface area contributed by atoms with E-state index in [4.69, 9.17) is 16.6 Å². The summed E-state index contributed by atoms with van der Waals surface area (Å²) in [5.74, 6) is -0.218. The van der Waals surface area contributed by atoms with Crippen LogP contribution in [-0.2, 0) is 11.2 Å². The first kappa shape index (κ1) is 21.7. The number of benzene rings is 2. The largest absolute Gasteiger partial charge is 0.371 e. The number of nitrogens with zero attached hydrogens (tertiary/aromatic N) is 2. The third-order valence-electron chi connectivity index (χ3n) is 6.43. The van der Waals surface area contributed by atoms with Crippen molar-refractivity contribution in [1.82, 2.24) is 4.98 Å². The molecule has 1 fully saturated rings. The first-order valence-electron chi connectivity index (χ1n) is 11.7. The number of pyridine rings is 1. The molecule has 2 heterocycles. The maximum atomic E-state index is 13.1. The molecule has 1 saturated heterocycles. The molecule has 5 rings (SSSR count). The van der Waals surface area contributed by atoms with E-state index < -0.39 is 4.87 Å². The van der Waals surface area contributed by atoms with Gasteiger partial charge in [0.05, 0.1) is 5.52 Å². The molecule has 0 saturated carbocycles. The molecule has 5 heteroatoms. The summed E-state index contributed by atoms with van der Waals surface area (Å²) in [5, 5.41) is 4.11. The number of anilines is 2. The average molecular weight is 458 g/mol. The van der Waals surface area contributed by atoms with Crippen molar-refractivity contribution >= 4 is 45.4 Å². The number of carbonyl (C=O) groups is 1. The van der Waals surface area contributed by atoms with E-state index in [1.165, 1.54) is 12.1 Å². The van der Waals surface area contributed by atoms with Crippen LogP contribution in [0.4, 0.5) is 11.4 Å². The summed E-state index contributed by atoms with van der Waals surface area (Å²) in [6.07, 6.45) is 9.46. The second-order valence-corrected chi connectivity index (χ2v) is 9.51. The Labute approximate surface area is 200 Å². The van der Waals surface area contributed by atoms with Crippen LogP contribution in [0.3, 0.4) is 0 Å². The predicted octanol–water partition coefficient (Wildman–Crippen LogP) is 6.36. The van der Waals surface area contributed by atoms with Crippen molar-refractivity contribution in [1.29, 1.82) is 0 Å². The summed E-state index contributed by atoms with van der Waals surface area (Å²) in [7, 11) is 0. The molecular weight excluding hydrogens is 430 g/mol. The van der Waals surface area contributed by atoms with Crippen molar-refractivity contribution in [3.05, 3.63) is 84.1 Å². The topological polar surface area (TPSA) is 45.2 Å². The maximum Gasteiger partial charge on any atom is 0.249 e. The Balaban J connectivity index is 1.38. The van der Waals surface area contributed by atoms with Gasteiger partial charge in [0, 0.05) is 35.5 Å². The van der Waals surface area contributed by atoms with Crippen molar-refractivity contribution in [2.24, 2.45) is 0 Å². The summed E-state index contributed by atoms with van der Waals surface area (Å²) in [6.45, 7) is 4.30. The van der Waals surface area contributed by atoms with Crippen molar-refractivity contribution in [2.75, 3.05) is 23.3 Å². The fraction of sp³-hybridized carbons (Fsp3) is 0.286. The molecule has 3 aromatic rings. The number of aryl methyl sites for hydroxylation is 1. The minimum atomic E-state index is -1.10. The van der Waals surface area contributed by atoms with Crippen LogP contribution >= 0.6 is 11.6 Å². The lowest BCUT2D eigenvalue weighted by atomic mass is 9.91. The van der Waals surface area contributed by atoms with Crippen LogP contribution in [0, 0.1) is 0 Å². The molecule has 1 aliphatic heterocycles. The van der Waals surface area contributed by atoms with Crippen LogP contribution < -0.4 is 10.2 Å². The normalized spacial score (nSPS) is 19.8. The zero-order chi connectivity index (χ0) is 22.8. The Morgan fingerprint density at radius 1 is 1.15 bits per heavy atom. The number of rotatable bonds is 6. The van der Waals surface area contributed by atoms with Gasteiger partial charge in [-0.3, -0.25) is 9.78 Å². The highest BCUT2D eigenvalue weighted by Crippen LogP contribution is 2.35. The van der Waals surface area contributed by atoms with Gasteiger partial charge in [0.2, 0.25) is 5.91 Å². The Morgan fingerprint density at radius 2 is 1.97 bits per heavy atom. The Morgan fingerprint density at radius 3 is 2.64 bits per heavy atom. The molecule has 0 bridgehead atoms. The van der Waals surface area contributed by atoms with Crippen molar-refractivity contribution < 1.29 is 4.79 Å². The van der Waals surface area contributed by atoms with Gasteiger partial charge in [-0.2, -0.15) is 0 Å². The van der Waals surface area contributed by atoms with E-state index in [2.05, 4.69) is 35.3 Å². The fourth-order valence-corrected chi connectivity index (χ4v) is 4.59. The highest BCUT2D eigenvalue weighted by Gasteiger charge is 2.34. The molecule has 1 atom stereocenters. The lowest BCUT2D eigenvalue weighted by molar-refractivity contribution is -0.117. The van der Waals surface area contributed by atoms with Gasteiger partial charge in [0.1, 0.15) is 4.87 Å². The summed E-state index contributed by atoms with van der Waals surface area (Å²) >= 11 is 6.75. The third kappa shape index (κ3) is 4.40. The standard InChI is InChI=1S/C28H28ClN3O/c1-2-7-22-19-26(32-16-6-17-32)24-18-23(10-11-25(24)30-22)31-27(33)28(29)14-12-21(13-15-28)20-8-4-3-5-9-20/h3-5,8-14,18-19H,2,6-7,15-17H2,1H3,(H,31,33). The molecule has 4 nitrogen and oxygen atoms in total. The van der Waals surface area contributed by atoms with Gasteiger partial charge in [-0.05, 0) is 54.7 Å². The number of halogens is 1. The number of carbonyl (C=O) groups excluding carboxylic acids is 1. The van der Waals surface area contributed by atoms with Crippen LogP contribution in [0.25, 0.3) is 16.5 Å². The monoisotopic (exact) mass is 457 g/mol. The lowest BCUT2D eigenvalue weighted by Crippen LogP contribution is -2.37. The van der Waals surface area contributed by atoms with Gasteiger partial charge in [-0.1, -0.05) is 61.9 Å². The van der Waals surface area contributed by atoms with Crippen LogP contribution in [0.1, 0.15) is 37.4 Å². The molecule has 2 aromatic carbocycles. The molecule has 0 spiro atoms. The Kier molecular flexibility index (Phi) is 5.94. The molecule has 33 heavy (non-hydrogen) atoms. The molecule has 2 aliphatic rings. The van der Waals surface area contributed by atoms with Crippen LogP contribution in [0.15, 0.2) is 72.8 Å². The van der Waals surface area contributed by atoms with Gasteiger partial charge in [0.15, 0.2) is 0 Å². The molecule has 1 amide bonds. The highest BCUT2D eigenvalue weighted by atomic mass is 35.5. The summed E-state index contributed by atoms with van der Waals surface area (Å²) in [5.41, 5.74) is 6.24. The predicted molar refractivity (Wildman–Crippen MR) is 138 cm³/mol. The van der Waals surface area contributed by atoms with Crippen molar-refractivity contribution in [3.63, 3.8) is 0 Å². The van der Waals surface area contributed by atoms with Crippen LogP contribution in [0.5, 0.6) is 0 Å². The molecule has 1 N–H and O–H groups in total. The smallest absolute Gasteiger partial charge is 0.249 e. The molecule has 1 aromatic heterocycles. The van der Waals surface area contributed by atoms with Crippen molar-refractivity contribution in [3.8, 4) is 0 Å². The second-order valence-electron chi connectivity index (χ2n) is 8.83. The van der Waals surface area contributed by atoms with E-state index in [-0.39, 0.29) is 5.91 Å². The minimum Gasteiger partial charge on any atom is -0.371 e. The quantitative estimate of drug-likeness (QED) is 0.438. The number of aromatic nitrogens is 1. The Hall–Kier alpha value is -3.11. The first-order valence-corrected chi connectivity index (χ1v) is 12.1. The second kappa shape index (κ2) is 9.03. The molecule has 168 valence electrons. The van der Waals surface area contributed by atoms with Gasteiger partial charge in [0.25, 0.3) is 0 Å². The number of fused-ring (bicyclic) bond motifs is 1. The van der Waals surface area contributed by atoms with Gasteiger partial charge in [-0.25, -0.2) is 0 Å². The molecule has 0 radical (unpaired) electrons. The van der Waals surface area contributed by atoms with E-state index in [0.717, 1.165) is 59.4 Å². The maximum absolute atomic E-state index is 13.1. The highest BCUT2D eigenvalue weighted by molar-refractivity contribution is 6.38. The zero-order valence-corrected chi connectivity index (χ0v) is 19.6. The van der Waals surface area contributed by atoms with Gasteiger partial charge >= 0.3 is 0 Å². The zero-order valence-electron chi connectivity index (χ0n) is 18.9. The number of nitrogens with one attached hydrogen (secondary N) is 1. The number of hydrogen-bond donors (Lipinski definition) is 1. The van der Waals surface area contributed by atoms with Gasteiger partial charge in [-0.15, -0.1) is 11.6 Å². The third-order valence-corrected chi connectivity index (χ3v) is 6.88. The SMILES string of the molecule is CCCc1cc(N2CCC2)c2cc(NC(=O)C3(Cl)C=CC(c4ccccc4)=CC3)ccc2n1. The van der Waals surface area contributed by atoms with E-state index in [1.807, 2.05) is 48.6 Å². The Bertz CT molecular complexity index is 1250. The molecular formula is C28H28ClN3O.